The van der Waals surface area contributed by atoms with Crippen molar-refractivity contribution in [3.8, 4) is 0 Å². The van der Waals surface area contributed by atoms with E-state index in [9.17, 15) is 9.59 Å². The third kappa shape index (κ3) is 4.82. The van der Waals surface area contributed by atoms with Crippen LogP contribution in [0.5, 0.6) is 0 Å². The van der Waals surface area contributed by atoms with E-state index in [1.54, 1.807) is 6.92 Å². The summed E-state index contributed by atoms with van der Waals surface area (Å²) in [5.41, 5.74) is 0. The molecule has 0 aromatic rings. The molecular formula is C14H26N2O3. The first kappa shape index (κ1) is 16.0. The summed E-state index contributed by atoms with van der Waals surface area (Å²) in [5.74, 6) is -0.920. The molecule has 0 saturated carbocycles. The highest BCUT2D eigenvalue weighted by Crippen LogP contribution is 2.11. The van der Waals surface area contributed by atoms with Crippen LogP contribution in [-0.2, 0) is 9.59 Å². The third-order valence-corrected chi connectivity index (χ3v) is 3.65. The summed E-state index contributed by atoms with van der Waals surface area (Å²) in [6.45, 7) is 7.03. The maximum atomic E-state index is 12.3. The summed E-state index contributed by atoms with van der Waals surface area (Å²) in [5, 5.41) is 12.1. The van der Waals surface area contributed by atoms with Crippen molar-refractivity contribution in [3.05, 3.63) is 0 Å². The molecule has 1 aliphatic rings. The Morgan fingerprint density at radius 1 is 1.05 bits per heavy atom. The zero-order chi connectivity index (χ0) is 14.4. The fraction of sp³-hybridized carbons (Fsp3) is 0.857. The molecule has 2 N–H and O–H groups in total. The Labute approximate surface area is 115 Å². The highest BCUT2D eigenvalue weighted by Gasteiger charge is 2.28. The van der Waals surface area contributed by atoms with Crippen molar-refractivity contribution in [2.24, 2.45) is 5.92 Å². The second kappa shape index (κ2) is 7.48. The minimum absolute atomic E-state index is 0.0220. The van der Waals surface area contributed by atoms with Gasteiger partial charge in [0.05, 0.1) is 6.04 Å². The van der Waals surface area contributed by atoms with E-state index in [1.807, 2.05) is 18.7 Å². The average Bonchev–Trinajstić information content (AvgIpc) is 2.62. The zero-order valence-corrected chi connectivity index (χ0v) is 12.2. The van der Waals surface area contributed by atoms with Crippen molar-refractivity contribution in [1.82, 2.24) is 10.2 Å². The van der Waals surface area contributed by atoms with Crippen LogP contribution in [0, 0.1) is 5.92 Å². The molecule has 0 aromatic carbocycles. The lowest BCUT2D eigenvalue weighted by Crippen LogP contribution is -2.52. The summed E-state index contributed by atoms with van der Waals surface area (Å²) in [6, 6.07) is -1.12. The van der Waals surface area contributed by atoms with E-state index >= 15 is 0 Å². The molecule has 1 heterocycles. The number of amides is 1. The molecule has 1 fully saturated rings. The number of nitrogens with zero attached hydrogens (tertiary/aromatic N) is 1. The summed E-state index contributed by atoms with van der Waals surface area (Å²) in [4.78, 5) is 25.3. The van der Waals surface area contributed by atoms with Gasteiger partial charge >= 0.3 is 5.97 Å². The van der Waals surface area contributed by atoms with E-state index in [2.05, 4.69) is 5.32 Å². The van der Waals surface area contributed by atoms with Gasteiger partial charge in [-0.1, -0.05) is 26.7 Å². The quantitative estimate of drug-likeness (QED) is 0.794. The van der Waals surface area contributed by atoms with E-state index in [1.165, 1.54) is 12.8 Å². The Hall–Kier alpha value is -1.10. The van der Waals surface area contributed by atoms with E-state index in [0.717, 1.165) is 25.9 Å². The van der Waals surface area contributed by atoms with Gasteiger partial charge < -0.3 is 10.0 Å². The molecule has 19 heavy (non-hydrogen) atoms. The van der Waals surface area contributed by atoms with Gasteiger partial charge in [0.1, 0.15) is 6.04 Å². The SMILES string of the molecule is CC(NC(C(=O)O)C(C)C)C(=O)N1CCCCCC1. The molecule has 1 amide bonds. The number of aliphatic carboxylic acids is 1. The Kier molecular flexibility index (Phi) is 6.28. The molecule has 1 saturated heterocycles. The standard InChI is InChI=1S/C14H26N2O3/c1-10(2)12(14(18)19)15-11(3)13(17)16-8-6-4-5-7-9-16/h10-12,15H,4-9H2,1-3H3,(H,18,19). The maximum absolute atomic E-state index is 12.3. The van der Waals surface area contributed by atoms with Crippen molar-refractivity contribution < 1.29 is 14.7 Å². The molecule has 110 valence electrons. The lowest BCUT2D eigenvalue weighted by Gasteiger charge is -2.27. The van der Waals surface area contributed by atoms with Crippen LogP contribution >= 0.6 is 0 Å². The van der Waals surface area contributed by atoms with Crippen molar-refractivity contribution in [1.29, 1.82) is 0 Å². The topological polar surface area (TPSA) is 69.6 Å². The van der Waals surface area contributed by atoms with Crippen LogP contribution in [0.25, 0.3) is 0 Å². The van der Waals surface area contributed by atoms with Crippen molar-refractivity contribution >= 4 is 11.9 Å². The number of likely N-dealkylation sites (tertiary alicyclic amines) is 1. The molecular weight excluding hydrogens is 244 g/mol. The third-order valence-electron chi connectivity index (χ3n) is 3.65. The molecule has 5 nitrogen and oxygen atoms in total. The fourth-order valence-electron chi connectivity index (χ4n) is 2.45. The van der Waals surface area contributed by atoms with E-state index in [4.69, 9.17) is 5.11 Å². The number of carboxylic acids is 1. The zero-order valence-electron chi connectivity index (χ0n) is 12.2. The van der Waals surface area contributed by atoms with Gasteiger partial charge in [-0.15, -0.1) is 0 Å². The van der Waals surface area contributed by atoms with Gasteiger partial charge in [-0.2, -0.15) is 0 Å². The van der Waals surface area contributed by atoms with Gasteiger partial charge in [0.2, 0.25) is 5.91 Å². The van der Waals surface area contributed by atoms with Crippen LogP contribution < -0.4 is 5.32 Å². The number of carboxylic acid groups (broad SMARTS) is 1. The van der Waals surface area contributed by atoms with Crippen LogP contribution in [0.15, 0.2) is 0 Å². The summed E-state index contributed by atoms with van der Waals surface area (Å²) in [6.07, 6.45) is 4.45. The first-order valence-electron chi connectivity index (χ1n) is 7.21. The van der Waals surface area contributed by atoms with E-state index in [-0.39, 0.29) is 11.8 Å². The minimum Gasteiger partial charge on any atom is -0.480 e. The highest BCUT2D eigenvalue weighted by molar-refractivity contribution is 5.83. The molecule has 0 bridgehead atoms. The number of rotatable bonds is 5. The van der Waals surface area contributed by atoms with Crippen LogP contribution in [0.2, 0.25) is 0 Å². The van der Waals surface area contributed by atoms with Crippen molar-refractivity contribution in [2.45, 2.75) is 58.5 Å². The first-order chi connectivity index (χ1) is 8.93. The minimum atomic E-state index is -0.898. The molecule has 0 radical (unpaired) electrons. The second-order valence-electron chi connectivity index (χ2n) is 5.69. The van der Waals surface area contributed by atoms with Gasteiger partial charge in [0.25, 0.3) is 0 Å². The Balaban J connectivity index is 2.57. The lowest BCUT2D eigenvalue weighted by molar-refractivity contribution is -0.141. The van der Waals surface area contributed by atoms with Crippen molar-refractivity contribution in [3.63, 3.8) is 0 Å². The van der Waals surface area contributed by atoms with Gasteiger partial charge in [-0.05, 0) is 25.7 Å². The highest BCUT2D eigenvalue weighted by atomic mass is 16.4. The molecule has 0 spiro atoms. The van der Waals surface area contributed by atoms with Gasteiger partial charge in [-0.3, -0.25) is 14.9 Å². The average molecular weight is 270 g/mol. The fourth-order valence-corrected chi connectivity index (χ4v) is 2.45. The number of carbonyl (C=O) groups is 2. The Morgan fingerprint density at radius 2 is 1.58 bits per heavy atom. The second-order valence-corrected chi connectivity index (χ2v) is 5.69. The van der Waals surface area contributed by atoms with Crippen LogP contribution in [0.3, 0.4) is 0 Å². The van der Waals surface area contributed by atoms with Gasteiger partial charge in [0, 0.05) is 13.1 Å². The number of hydrogen-bond acceptors (Lipinski definition) is 3. The Bertz CT molecular complexity index is 310. The predicted octanol–water partition coefficient (Wildman–Crippen LogP) is 1.48. The van der Waals surface area contributed by atoms with Gasteiger partial charge in [0.15, 0.2) is 0 Å². The van der Waals surface area contributed by atoms with Crippen molar-refractivity contribution in [2.75, 3.05) is 13.1 Å². The van der Waals surface area contributed by atoms with E-state index in [0.29, 0.717) is 0 Å². The number of carbonyl (C=O) groups excluding carboxylic acids is 1. The monoisotopic (exact) mass is 270 g/mol. The summed E-state index contributed by atoms with van der Waals surface area (Å²) >= 11 is 0. The van der Waals surface area contributed by atoms with Crippen LogP contribution in [0.1, 0.15) is 46.5 Å². The van der Waals surface area contributed by atoms with Crippen LogP contribution in [-0.4, -0.2) is 47.1 Å². The summed E-state index contributed by atoms with van der Waals surface area (Å²) in [7, 11) is 0. The normalized spacial score (nSPS) is 19.9. The Morgan fingerprint density at radius 3 is 2.00 bits per heavy atom. The molecule has 0 aromatic heterocycles. The molecule has 1 aliphatic heterocycles. The van der Waals surface area contributed by atoms with E-state index < -0.39 is 18.1 Å². The van der Waals surface area contributed by atoms with Gasteiger partial charge in [-0.25, -0.2) is 0 Å². The lowest BCUT2D eigenvalue weighted by atomic mass is 10.0. The predicted molar refractivity (Wildman–Crippen MR) is 73.9 cm³/mol. The first-order valence-corrected chi connectivity index (χ1v) is 7.21. The number of hydrogen-bond donors (Lipinski definition) is 2. The molecule has 2 atom stereocenters. The largest absolute Gasteiger partial charge is 0.480 e. The smallest absolute Gasteiger partial charge is 0.320 e. The number of nitrogens with one attached hydrogen (secondary N) is 1. The molecule has 1 rings (SSSR count). The summed E-state index contributed by atoms with van der Waals surface area (Å²) < 4.78 is 0. The van der Waals surface area contributed by atoms with Crippen LogP contribution in [0.4, 0.5) is 0 Å². The molecule has 0 aliphatic carbocycles. The molecule has 5 heteroatoms. The maximum Gasteiger partial charge on any atom is 0.320 e. The molecule has 2 unspecified atom stereocenters.